The molecule has 0 bridgehead atoms. The predicted molar refractivity (Wildman–Crippen MR) is 151 cm³/mol. The maximum atomic E-state index is 15.3. The molecule has 0 saturated carbocycles. The zero-order chi connectivity index (χ0) is 27.1. The Hall–Kier alpha value is -4.97. The first-order valence-electron chi connectivity index (χ1n) is 12.5. The van der Waals surface area contributed by atoms with Crippen LogP contribution in [0.25, 0.3) is 32.8 Å². The zero-order valence-electron chi connectivity index (χ0n) is 21.4. The molecule has 0 unspecified atom stereocenters. The number of H-pyrrole nitrogens is 1. The molecule has 0 amide bonds. The lowest BCUT2D eigenvalue weighted by molar-refractivity contribution is 0.405. The van der Waals surface area contributed by atoms with Crippen molar-refractivity contribution in [3.63, 3.8) is 0 Å². The third-order valence-electron chi connectivity index (χ3n) is 7.25. The molecule has 6 rings (SSSR count). The lowest BCUT2D eigenvalue weighted by atomic mass is 9.83. The standard InChI is InChI=1S/C33H26FNO4/c1-38-20-15-17-26(36)24(18-20)29(22-10-5-6-13-28(22)39-2)33-31(23-11-7-12-25(34)32(23)35-33)30-21-9-4-3-8-19(21)14-16-27(30)37/h3-18,29,35-37H,1-2H3/t29-/m1/s1. The Bertz CT molecular complexity index is 1840. The molecule has 0 fully saturated rings. The quantitative estimate of drug-likeness (QED) is 0.210. The van der Waals surface area contributed by atoms with Crippen LogP contribution in [-0.4, -0.2) is 29.4 Å². The van der Waals surface area contributed by atoms with E-state index in [0.29, 0.717) is 44.8 Å². The minimum absolute atomic E-state index is 0.0407. The van der Waals surface area contributed by atoms with Gasteiger partial charge in [0.15, 0.2) is 0 Å². The summed E-state index contributed by atoms with van der Waals surface area (Å²) in [7, 11) is 3.15. The summed E-state index contributed by atoms with van der Waals surface area (Å²) in [4.78, 5) is 3.34. The molecule has 0 aliphatic rings. The van der Waals surface area contributed by atoms with Crippen molar-refractivity contribution in [1.82, 2.24) is 4.98 Å². The molecule has 0 radical (unpaired) electrons. The van der Waals surface area contributed by atoms with Gasteiger partial charge in [-0.2, -0.15) is 0 Å². The fourth-order valence-corrected chi connectivity index (χ4v) is 5.48. The first kappa shape index (κ1) is 24.4. The summed E-state index contributed by atoms with van der Waals surface area (Å²) in [5, 5.41) is 24.8. The third kappa shape index (κ3) is 4.01. The molecule has 1 heterocycles. The number of ether oxygens (including phenoxy) is 2. The van der Waals surface area contributed by atoms with Gasteiger partial charge in [-0.05, 0) is 47.2 Å². The number of rotatable bonds is 6. The maximum absolute atomic E-state index is 15.3. The molecule has 1 aromatic heterocycles. The highest BCUT2D eigenvalue weighted by Crippen LogP contribution is 2.50. The number of phenols is 2. The smallest absolute Gasteiger partial charge is 0.147 e. The SMILES string of the molecule is COc1ccc(O)c([C@@H](c2ccccc2OC)c2[nH]c3c(F)cccc3c2-c2c(O)ccc3ccccc23)c1. The molecule has 5 aromatic carbocycles. The number of benzene rings is 5. The molecule has 5 nitrogen and oxygen atoms in total. The number of hydrogen-bond acceptors (Lipinski definition) is 4. The number of methoxy groups -OCH3 is 2. The topological polar surface area (TPSA) is 74.7 Å². The van der Waals surface area contributed by atoms with E-state index in [9.17, 15) is 10.2 Å². The largest absolute Gasteiger partial charge is 0.508 e. The van der Waals surface area contributed by atoms with Crippen molar-refractivity contribution in [2.24, 2.45) is 0 Å². The number of aromatic hydroxyl groups is 2. The van der Waals surface area contributed by atoms with Crippen LogP contribution >= 0.6 is 0 Å². The second-order valence-electron chi connectivity index (χ2n) is 9.36. The van der Waals surface area contributed by atoms with Crippen LogP contribution < -0.4 is 9.47 Å². The summed E-state index contributed by atoms with van der Waals surface area (Å²) < 4.78 is 26.6. The van der Waals surface area contributed by atoms with E-state index in [-0.39, 0.29) is 11.5 Å². The maximum Gasteiger partial charge on any atom is 0.147 e. The van der Waals surface area contributed by atoms with E-state index in [4.69, 9.17) is 9.47 Å². The van der Waals surface area contributed by atoms with Gasteiger partial charge in [0.2, 0.25) is 0 Å². The number of para-hydroxylation sites is 2. The summed E-state index contributed by atoms with van der Waals surface area (Å²) in [6, 6.07) is 28.7. The van der Waals surface area contributed by atoms with Gasteiger partial charge in [0.25, 0.3) is 0 Å². The molecule has 6 heteroatoms. The Morgan fingerprint density at radius 3 is 2.26 bits per heavy atom. The van der Waals surface area contributed by atoms with Crippen LogP contribution in [0, 0.1) is 5.82 Å². The molecule has 3 N–H and O–H groups in total. The molecule has 0 spiro atoms. The summed E-state index contributed by atoms with van der Waals surface area (Å²) in [6.07, 6.45) is 0. The van der Waals surface area contributed by atoms with Gasteiger partial charge in [0.1, 0.15) is 28.8 Å². The van der Waals surface area contributed by atoms with E-state index in [1.54, 1.807) is 44.6 Å². The van der Waals surface area contributed by atoms with Gasteiger partial charge in [-0.25, -0.2) is 4.39 Å². The Kier molecular flexibility index (Phi) is 6.08. The number of fused-ring (bicyclic) bond motifs is 2. The Morgan fingerprint density at radius 2 is 1.44 bits per heavy atom. The predicted octanol–water partition coefficient (Wildman–Crippen LogP) is 7.74. The number of halogens is 1. The van der Waals surface area contributed by atoms with Gasteiger partial charge in [-0.3, -0.25) is 0 Å². The molecule has 6 aromatic rings. The van der Waals surface area contributed by atoms with Crippen LogP contribution in [-0.2, 0) is 0 Å². The summed E-state index contributed by atoms with van der Waals surface area (Å²) in [5.74, 6) is 0.189. The minimum atomic E-state index is -0.642. The van der Waals surface area contributed by atoms with E-state index in [1.807, 2.05) is 60.7 Å². The third-order valence-corrected chi connectivity index (χ3v) is 7.25. The Morgan fingerprint density at radius 1 is 0.692 bits per heavy atom. The fourth-order valence-electron chi connectivity index (χ4n) is 5.48. The van der Waals surface area contributed by atoms with E-state index in [0.717, 1.165) is 16.3 Å². The lowest BCUT2D eigenvalue weighted by Crippen LogP contribution is -2.08. The van der Waals surface area contributed by atoms with Gasteiger partial charge in [0, 0.05) is 33.3 Å². The van der Waals surface area contributed by atoms with Crippen molar-refractivity contribution in [1.29, 1.82) is 0 Å². The van der Waals surface area contributed by atoms with Gasteiger partial charge < -0.3 is 24.7 Å². The highest BCUT2D eigenvalue weighted by molar-refractivity contribution is 6.09. The molecular formula is C33H26FNO4. The number of hydrogen-bond donors (Lipinski definition) is 3. The first-order valence-corrected chi connectivity index (χ1v) is 12.5. The average Bonchev–Trinajstić information content (AvgIpc) is 3.34. The average molecular weight is 520 g/mol. The highest BCUT2D eigenvalue weighted by Gasteiger charge is 2.31. The Labute approximate surface area is 224 Å². The number of aromatic nitrogens is 1. The van der Waals surface area contributed by atoms with Gasteiger partial charge in [0.05, 0.1) is 25.7 Å². The second kappa shape index (κ2) is 9.72. The highest BCUT2D eigenvalue weighted by atomic mass is 19.1. The molecule has 1 atom stereocenters. The van der Waals surface area contributed by atoms with Crippen LogP contribution in [0.15, 0.2) is 97.1 Å². The Balaban J connectivity index is 1.79. The molecular weight excluding hydrogens is 493 g/mol. The van der Waals surface area contributed by atoms with Crippen molar-refractivity contribution in [3.05, 3.63) is 120 Å². The van der Waals surface area contributed by atoms with Crippen molar-refractivity contribution >= 4 is 21.7 Å². The monoisotopic (exact) mass is 519 g/mol. The van der Waals surface area contributed by atoms with Crippen LogP contribution in [0.4, 0.5) is 4.39 Å². The van der Waals surface area contributed by atoms with Gasteiger partial charge >= 0.3 is 0 Å². The van der Waals surface area contributed by atoms with Crippen molar-refractivity contribution < 1.29 is 24.1 Å². The fraction of sp³-hybridized carbons (Fsp3) is 0.0909. The molecule has 194 valence electrons. The van der Waals surface area contributed by atoms with Crippen LogP contribution in [0.5, 0.6) is 23.0 Å². The van der Waals surface area contributed by atoms with E-state index < -0.39 is 11.7 Å². The van der Waals surface area contributed by atoms with Crippen molar-refractivity contribution in [3.8, 4) is 34.1 Å². The van der Waals surface area contributed by atoms with Crippen LogP contribution in [0.3, 0.4) is 0 Å². The van der Waals surface area contributed by atoms with Crippen molar-refractivity contribution in [2.45, 2.75) is 5.92 Å². The van der Waals surface area contributed by atoms with Crippen LogP contribution in [0.1, 0.15) is 22.7 Å². The molecule has 0 aliphatic carbocycles. The number of aromatic amines is 1. The van der Waals surface area contributed by atoms with Crippen LogP contribution in [0.2, 0.25) is 0 Å². The number of phenolic OH excluding ortho intramolecular Hbond substituents is 2. The normalized spacial score (nSPS) is 12.1. The van der Waals surface area contributed by atoms with Gasteiger partial charge in [-0.15, -0.1) is 0 Å². The first-order chi connectivity index (χ1) is 19.0. The molecule has 0 saturated heterocycles. The van der Waals surface area contributed by atoms with E-state index in [2.05, 4.69) is 4.98 Å². The second-order valence-corrected chi connectivity index (χ2v) is 9.36. The number of nitrogens with one attached hydrogen (secondary N) is 1. The van der Waals surface area contributed by atoms with Crippen molar-refractivity contribution in [2.75, 3.05) is 14.2 Å². The minimum Gasteiger partial charge on any atom is -0.508 e. The van der Waals surface area contributed by atoms with Gasteiger partial charge in [-0.1, -0.05) is 60.7 Å². The van der Waals surface area contributed by atoms with E-state index >= 15 is 4.39 Å². The molecule has 0 aliphatic heterocycles. The summed E-state index contributed by atoms with van der Waals surface area (Å²) in [6.45, 7) is 0. The zero-order valence-corrected chi connectivity index (χ0v) is 21.4. The van der Waals surface area contributed by atoms with E-state index in [1.165, 1.54) is 6.07 Å². The molecule has 39 heavy (non-hydrogen) atoms. The summed E-state index contributed by atoms with van der Waals surface area (Å²) >= 11 is 0. The lowest BCUT2D eigenvalue weighted by Gasteiger charge is -2.23. The summed E-state index contributed by atoms with van der Waals surface area (Å²) in [5.41, 5.74) is 3.38.